The number of aromatic nitrogens is 1. The first-order valence-electron chi connectivity index (χ1n) is 9.16. The summed E-state index contributed by atoms with van der Waals surface area (Å²) in [6.07, 6.45) is 7.20. The monoisotopic (exact) mass is 406 g/mol. The van der Waals surface area contributed by atoms with Crippen molar-refractivity contribution in [1.29, 1.82) is 0 Å². The largest absolute Gasteiger partial charge is 0.353 e. The van der Waals surface area contributed by atoms with E-state index in [0.717, 1.165) is 12.8 Å². The lowest BCUT2D eigenvalue weighted by molar-refractivity contribution is -0.121. The van der Waals surface area contributed by atoms with E-state index in [1.165, 1.54) is 37.0 Å². The van der Waals surface area contributed by atoms with Crippen LogP contribution in [0, 0.1) is 0 Å². The van der Waals surface area contributed by atoms with E-state index in [4.69, 9.17) is 11.6 Å². The average Bonchev–Trinajstić information content (AvgIpc) is 2.88. The molecule has 0 aliphatic heterocycles. The molecule has 1 aliphatic carbocycles. The first kappa shape index (κ1) is 19.6. The van der Waals surface area contributed by atoms with Gasteiger partial charge in [0.1, 0.15) is 0 Å². The van der Waals surface area contributed by atoms with Crippen LogP contribution in [0.25, 0.3) is 0 Å². The third-order valence-electron chi connectivity index (χ3n) is 4.42. The zero-order valence-corrected chi connectivity index (χ0v) is 16.5. The molecule has 3 amide bonds. The van der Waals surface area contributed by atoms with E-state index in [-0.39, 0.29) is 18.4 Å². The molecule has 0 saturated heterocycles. The molecule has 1 aromatic carbocycles. The molecule has 144 valence electrons. The van der Waals surface area contributed by atoms with Crippen molar-refractivity contribution in [3.05, 3.63) is 40.4 Å². The van der Waals surface area contributed by atoms with Gasteiger partial charge in [-0.15, -0.1) is 11.3 Å². The molecule has 0 radical (unpaired) electrons. The molecule has 0 spiro atoms. The maximum Gasteiger partial charge on any atom is 0.325 e. The predicted octanol–water partition coefficient (Wildman–Crippen LogP) is 4.82. The molecule has 1 heterocycles. The minimum Gasteiger partial charge on any atom is -0.353 e. The van der Waals surface area contributed by atoms with Crippen LogP contribution in [-0.2, 0) is 11.2 Å². The van der Waals surface area contributed by atoms with Crippen molar-refractivity contribution in [3.63, 3.8) is 0 Å². The molecule has 1 aromatic heterocycles. The van der Waals surface area contributed by atoms with Crippen LogP contribution in [0.3, 0.4) is 0 Å². The lowest BCUT2D eigenvalue weighted by Gasteiger charge is -2.15. The zero-order chi connectivity index (χ0) is 19.1. The van der Waals surface area contributed by atoms with E-state index in [1.54, 1.807) is 29.6 Å². The van der Waals surface area contributed by atoms with Crippen LogP contribution >= 0.6 is 22.9 Å². The maximum atomic E-state index is 12.2. The second kappa shape index (κ2) is 9.71. The maximum absolute atomic E-state index is 12.2. The second-order valence-electron chi connectivity index (χ2n) is 6.67. The smallest absolute Gasteiger partial charge is 0.325 e. The quantitative estimate of drug-likeness (QED) is 0.622. The Morgan fingerprint density at radius 2 is 1.93 bits per heavy atom. The highest BCUT2D eigenvalue weighted by Crippen LogP contribution is 2.19. The second-order valence-corrected chi connectivity index (χ2v) is 7.96. The van der Waals surface area contributed by atoms with Crippen LogP contribution < -0.4 is 16.0 Å². The molecule has 8 heteroatoms. The fourth-order valence-corrected chi connectivity index (χ4v) is 4.03. The van der Waals surface area contributed by atoms with Crippen molar-refractivity contribution in [2.75, 3.05) is 10.6 Å². The molecule has 6 nitrogen and oxygen atoms in total. The predicted molar refractivity (Wildman–Crippen MR) is 110 cm³/mol. The van der Waals surface area contributed by atoms with E-state index in [2.05, 4.69) is 20.9 Å². The number of nitrogens with zero attached hydrogens (tertiary/aromatic N) is 1. The summed E-state index contributed by atoms with van der Waals surface area (Å²) in [5, 5.41) is 11.3. The number of hydrogen-bond acceptors (Lipinski definition) is 4. The standard InChI is InChI=1S/C19H23ClN4O2S/c20-13-6-5-9-15(10-13)22-18(26)24-19-23-16(12-27-19)11-17(25)21-14-7-3-1-2-4-8-14/h5-6,9-10,12,14H,1-4,7-8,11H2,(H,21,25)(H2,22,23,24,26). The van der Waals surface area contributed by atoms with E-state index in [9.17, 15) is 9.59 Å². The van der Waals surface area contributed by atoms with Crippen molar-refractivity contribution < 1.29 is 9.59 Å². The molecule has 0 bridgehead atoms. The Kier molecular flexibility index (Phi) is 7.06. The highest BCUT2D eigenvalue weighted by molar-refractivity contribution is 7.14. The molecule has 1 fully saturated rings. The van der Waals surface area contributed by atoms with Gasteiger partial charge in [-0.25, -0.2) is 9.78 Å². The molecule has 2 aromatic rings. The summed E-state index contributed by atoms with van der Waals surface area (Å²) in [6, 6.07) is 6.77. The Labute approximate surface area is 167 Å². The molecule has 0 unspecified atom stereocenters. The van der Waals surface area contributed by atoms with Gasteiger partial charge in [0.25, 0.3) is 0 Å². The van der Waals surface area contributed by atoms with Crippen molar-refractivity contribution >= 4 is 45.7 Å². The topological polar surface area (TPSA) is 83.1 Å². The van der Waals surface area contributed by atoms with Gasteiger partial charge in [0.2, 0.25) is 5.91 Å². The van der Waals surface area contributed by atoms with Crippen LogP contribution in [0.15, 0.2) is 29.6 Å². The summed E-state index contributed by atoms with van der Waals surface area (Å²) >= 11 is 7.19. The third-order valence-corrected chi connectivity index (χ3v) is 5.46. The molecular weight excluding hydrogens is 384 g/mol. The number of nitrogens with one attached hydrogen (secondary N) is 3. The normalized spacial score (nSPS) is 15.0. The van der Waals surface area contributed by atoms with Crippen LogP contribution in [0.2, 0.25) is 5.02 Å². The molecular formula is C19H23ClN4O2S. The van der Waals surface area contributed by atoms with E-state index in [1.807, 2.05) is 0 Å². The van der Waals surface area contributed by atoms with Gasteiger partial charge < -0.3 is 10.6 Å². The van der Waals surface area contributed by atoms with Crippen molar-refractivity contribution in [2.45, 2.75) is 51.0 Å². The molecule has 3 N–H and O–H groups in total. The summed E-state index contributed by atoms with van der Waals surface area (Å²) < 4.78 is 0. The minimum absolute atomic E-state index is 0.0119. The van der Waals surface area contributed by atoms with Crippen molar-refractivity contribution in [1.82, 2.24) is 10.3 Å². The van der Waals surface area contributed by atoms with E-state index >= 15 is 0 Å². The molecule has 0 atom stereocenters. The number of thiazole rings is 1. The summed E-state index contributed by atoms with van der Waals surface area (Å²) in [5.74, 6) is -0.0119. The van der Waals surface area contributed by atoms with Crippen LogP contribution in [0.1, 0.15) is 44.2 Å². The lowest BCUT2D eigenvalue weighted by Crippen LogP contribution is -2.35. The van der Waals surface area contributed by atoms with Gasteiger partial charge >= 0.3 is 6.03 Å². The number of rotatable bonds is 5. The fourth-order valence-electron chi connectivity index (χ4n) is 3.14. The Bertz CT molecular complexity index is 788. The summed E-state index contributed by atoms with van der Waals surface area (Å²) in [4.78, 5) is 28.6. The lowest BCUT2D eigenvalue weighted by atomic mass is 10.1. The molecule has 27 heavy (non-hydrogen) atoms. The summed E-state index contributed by atoms with van der Waals surface area (Å²) in [5.41, 5.74) is 1.25. The van der Waals surface area contributed by atoms with Gasteiger partial charge in [-0.2, -0.15) is 0 Å². The fraction of sp³-hybridized carbons (Fsp3) is 0.421. The van der Waals surface area contributed by atoms with Gasteiger partial charge in [-0.3, -0.25) is 10.1 Å². The van der Waals surface area contributed by atoms with Crippen LogP contribution in [-0.4, -0.2) is 23.0 Å². The highest BCUT2D eigenvalue weighted by Gasteiger charge is 2.16. The Balaban J connectivity index is 1.47. The molecule has 1 aliphatic rings. The van der Waals surface area contributed by atoms with Crippen LogP contribution in [0.4, 0.5) is 15.6 Å². The first-order chi connectivity index (χ1) is 13.1. The number of urea groups is 1. The van der Waals surface area contributed by atoms with Gasteiger partial charge in [0.05, 0.1) is 12.1 Å². The minimum atomic E-state index is -0.402. The Morgan fingerprint density at radius 1 is 1.15 bits per heavy atom. The number of carbonyl (C=O) groups is 2. The van der Waals surface area contributed by atoms with Crippen molar-refractivity contribution in [2.24, 2.45) is 0 Å². The number of carbonyl (C=O) groups excluding carboxylic acids is 2. The molecule has 1 saturated carbocycles. The van der Waals surface area contributed by atoms with E-state index in [0.29, 0.717) is 21.5 Å². The average molecular weight is 407 g/mol. The van der Waals surface area contributed by atoms with Gasteiger partial charge in [0.15, 0.2) is 5.13 Å². The summed E-state index contributed by atoms with van der Waals surface area (Å²) in [7, 11) is 0. The van der Waals surface area contributed by atoms with Crippen LogP contribution in [0.5, 0.6) is 0 Å². The number of anilines is 2. The SMILES string of the molecule is O=C(Cc1csc(NC(=O)Nc2cccc(Cl)c2)n1)NC1CCCCCC1. The Morgan fingerprint density at radius 3 is 2.67 bits per heavy atom. The van der Waals surface area contributed by atoms with E-state index < -0.39 is 6.03 Å². The highest BCUT2D eigenvalue weighted by atomic mass is 35.5. The number of amides is 3. The zero-order valence-electron chi connectivity index (χ0n) is 15.0. The number of hydrogen-bond donors (Lipinski definition) is 3. The number of benzene rings is 1. The summed E-state index contributed by atoms with van der Waals surface area (Å²) in [6.45, 7) is 0. The third kappa shape index (κ3) is 6.52. The Hall–Kier alpha value is -2.12. The van der Waals surface area contributed by atoms with Gasteiger partial charge in [0, 0.05) is 22.1 Å². The first-order valence-corrected chi connectivity index (χ1v) is 10.4. The van der Waals surface area contributed by atoms with Gasteiger partial charge in [-0.1, -0.05) is 43.4 Å². The van der Waals surface area contributed by atoms with Gasteiger partial charge in [-0.05, 0) is 31.0 Å². The van der Waals surface area contributed by atoms with Crippen molar-refractivity contribution in [3.8, 4) is 0 Å². The number of halogens is 1. The molecule has 3 rings (SSSR count).